The highest BCUT2D eigenvalue weighted by atomic mass is 35.5. The van der Waals surface area contributed by atoms with Crippen molar-refractivity contribution in [2.24, 2.45) is 0 Å². The van der Waals surface area contributed by atoms with Gasteiger partial charge in [0.2, 0.25) is 5.43 Å². The van der Waals surface area contributed by atoms with Crippen molar-refractivity contribution in [2.75, 3.05) is 0 Å². The Morgan fingerprint density at radius 1 is 1.07 bits per heavy atom. The Kier molecular flexibility index (Phi) is 4.99. The predicted molar refractivity (Wildman–Crippen MR) is 111 cm³/mol. The molecule has 0 aliphatic carbocycles. The van der Waals surface area contributed by atoms with E-state index in [0.29, 0.717) is 27.2 Å². The standard InChI is InChI=1S/C23H16ClFN2O2/c1-14-6-11-18-22(29)19(21(28)15-7-9-17(24)10-8-15)13-27(23(18)26-14)12-16-4-2-3-5-20(16)25/h2-11,13H,12H2,1H3. The number of hydrogen-bond donors (Lipinski definition) is 0. The van der Waals surface area contributed by atoms with Gasteiger partial charge < -0.3 is 4.57 Å². The fraction of sp³-hybridized carbons (Fsp3) is 0.0870. The second-order valence-electron chi connectivity index (χ2n) is 6.75. The molecule has 0 aliphatic rings. The van der Waals surface area contributed by atoms with E-state index in [1.807, 2.05) is 6.92 Å². The van der Waals surface area contributed by atoms with Gasteiger partial charge in [0.05, 0.1) is 17.5 Å². The Morgan fingerprint density at radius 3 is 2.52 bits per heavy atom. The smallest absolute Gasteiger partial charge is 0.202 e. The molecular formula is C23H16ClFN2O2. The van der Waals surface area contributed by atoms with Crippen molar-refractivity contribution in [1.29, 1.82) is 0 Å². The molecule has 144 valence electrons. The number of pyridine rings is 2. The SMILES string of the molecule is Cc1ccc2c(=O)c(C(=O)c3ccc(Cl)cc3)cn(Cc3ccccc3F)c2n1. The molecule has 0 atom stereocenters. The zero-order chi connectivity index (χ0) is 20.5. The molecule has 0 unspecified atom stereocenters. The van der Waals surface area contributed by atoms with Gasteiger partial charge in [-0.05, 0) is 49.4 Å². The first-order valence-electron chi connectivity index (χ1n) is 8.98. The first-order chi connectivity index (χ1) is 13.9. The molecule has 0 spiro atoms. The normalized spacial score (nSPS) is 11.0. The van der Waals surface area contributed by atoms with Crippen molar-refractivity contribution in [1.82, 2.24) is 9.55 Å². The summed E-state index contributed by atoms with van der Waals surface area (Å²) in [6.45, 7) is 1.95. The Balaban J connectivity index is 1.92. The van der Waals surface area contributed by atoms with E-state index in [1.54, 1.807) is 59.2 Å². The van der Waals surface area contributed by atoms with Crippen LogP contribution in [-0.2, 0) is 6.54 Å². The van der Waals surface area contributed by atoms with Gasteiger partial charge in [0.15, 0.2) is 5.78 Å². The third kappa shape index (κ3) is 3.69. The molecular weight excluding hydrogens is 391 g/mol. The maximum atomic E-state index is 14.2. The van der Waals surface area contributed by atoms with Crippen molar-refractivity contribution in [3.05, 3.63) is 110 Å². The zero-order valence-electron chi connectivity index (χ0n) is 15.5. The summed E-state index contributed by atoms with van der Waals surface area (Å²) < 4.78 is 15.9. The van der Waals surface area contributed by atoms with Gasteiger partial charge in [-0.1, -0.05) is 29.8 Å². The molecule has 0 amide bonds. The van der Waals surface area contributed by atoms with E-state index in [1.165, 1.54) is 12.3 Å². The Bertz CT molecular complexity index is 1300. The van der Waals surface area contributed by atoms with Crippen LogP contribution in [0.15, 0.2) is 71.7 Å². The minimum atomic E-state index is -0.420. The summed E-state index contributed by atoms with van der Waals surface area (Å²) in [5, 5.41) is 0.809. The second kappa shape index (κ2) is 7.60. The lowest BCUT2D eigenvalue weighted by atomic mass is 10.0. The Labute approximate surface area is 171 Å². The highest BCUT2D eigenvalue weighted by Gasteiger charge is 2.18. The van der Waals surface area contributed by atoms with Crippen LogP contribution in [0.3, 0.4) is 0 Å². The lowest BCUT2D eigenvalue weighted by Crippen LogP contribution is -2.21. The number of hydrogen-bond acceptors (Lipinski definition) is 3. The van der Waals surface area contributed by atoms with Crippen LogP contribution in [0.1, 0.15) is 27.2 Å². The minimum Gasteiger partial charge on any atom is -0.327 e. The zero-order valence-corrected chi connectivity index (χ0v) is 16.3. The van der Waals surface area contributed by atoms with Crippen molar-refractivity contribution in [3.63, 3.8) is 0 Å². The van der Waals surface area contributed by atoms with Gasteiger partial charge in [-0.15, -0.1) is 0 Å². The van der Waals surface area contributed by atoms with Crippen LogP contribution in [0, 0.1) is 12.7 Å². The number of fused-ring (bicyclic) bond motifs is 1. The molecule has 0 aliphatic heterocycles. The average Bonchev–Trinajstić information content (AvgIpc) is 2.71. The summed E-state index contributed by atoms with van der Waals surface area (Å²) in [6, 6.07) is 16.1. The van der Waals surface area contributed by atoms with E-state index in [0.717, 1.165) is 5.69 Å². The molecule has 0 N–H and O–H groups in total. The van der Waals surface area contributed by atoms with E-state index in [-0.39, 0.29) is 17.9 Å². The number of benzene rings is 2. The van der Waals surface area contributed by atoms with Crippen molar-refractivity contribution >= 4 is 28.4 Å². The van der Waals surface area contributed by atoms with Crippen LogP contribution in [0.25, 0.3) is 11.0 Å². The molecule has 0 fully saturated rings. The summed E-state index contributed by atoms with van der Waals surface area (Å²) >= 11 is 5.90. The van der Waals surface area contributed by atoms with Gasteiger partial charge in [-0.3, -0.25) is 9.59 Å². The number of carbonyl (C=O) groups is 1. The van der Waals surface area contributed by atoms with Crippen LogP contribution < -0.4 is 5.43 Å². The highest BCUT2D eigenvalue weighted by Crippen LogP contribution is 2.18. The minimum absolute atomic E-state index is 0.00168. The monoisotopic (exact) mass is 406 g/mol. The molecule has 29 heavy (non-hydrogen) atoms. The summed E-state index contributed by atoms with van der Waals surface area (Å²) in [7, 11) is 0. The number of rotatable bonds is 4. The number of ketones is 1. The largest absolute Gasteiger partial charge is 0.327 e. The van der Waals surface area contributed by atoms with Gasteiger partial charge in [0.1, 0.15) is 11.5 Å². The van der Waals surface area contributed by atoms with E-state index in [4.69, 9.17) is 11.6 Å². The van der Waals surface area contributed by atoms with Gasteiger partial charge >= 0.3 is 0 Å². The average molecular weight is 407 g/mol. The van der Waals surface area contributed by atoms with Crippen LogP contribution in [0.5, 0.6) is 0 Å². The molecule has 4 nitrogen and oxygen atoms in total. The second-order valence-corrected chi connectivity index (χ2v) is 7.19. The topological polar surface area (TPSA) is 52.0 Å². The summed E-state index contributed by atoms with van der Waals surface area (Å²) in [5.41, 5.74) is 1.51. The van der Waals surface area contributed by atoms with Crippen molar-refractivity contribution < 1.29 is 9.18 Å². The maximum absolute atomic E-state index is 14.2. The molecule has 0 bridgehead atoms. The fourth-order valence-electron chi connectivity index (χ4n) is 3.21. The number of carbonyl (C=O) groups excluding carboxylic acids is 1. The summed E-state index contributed by atoms with van der Waals surface area (Å²) in [4.78, 5) is 30.5. The number of nitrogens with zero attached hydrogens (tertiary/aromatic N) is 2. The highest BCUT2D eigenvalue weighted by molar-refractivity contribution is 6.30. The molecule has 0 radical (unpaired) electrons. The summed E-state index contributed by atoms with van der Waals surface area (Å²) in [5.74, 6) is -0.783. The third-order valence-corrected chi connectivity index (χ3v) is 4.96. The lowest BCUT2D eigenvalue weighted by molar-refractivity contribution is 0.103. The number of halogens is 2. The molecule has 2 aromatic carbocycles. The molecule has 4 rings (SSSR count). The van der Waals surface area contributed by atoms with Crippen LogP contribution in [0.2, 0.25) is 5.02 Å². The molecule has 4 aromatic rings. The molecule has 6 heteroatoms. The molecule has 0 saturated carbocycles. The fourth-order valence-corrected chi connectivity index (χ4v) is 3.34. The van der Waals surface area contributed by atoms with E-state index in [9.17, 15) is 14.0 Å². The lowest BCUT2D eigenvalue weighted by Gasteiger charge is -2.13. The number of aromatic nitrogens is 2. The van der Waals surface area contributed by atoms with Crippen LogP contribution >= 0.6 is 11.6 Å². The summed E-state index contributed by atoms with van der Waals surface area (Å²) in [6.07, 6.45) is 1.46. The molecule has 0 saturated heterocycles. The Morgan fingerprint density at radius 2 is 1.79 bits per heavy atom. The van der Waals surface area contributed by atoms with Crippen molar-refractivity contribution in [2.45, 2.75) is 13.5 Å². The van der Waals surface area contributed by atoms with E-state index in [2.05, 4.69) is 4.98 Å². The maximum Gasteiger partial charge on any atom is 0.202 e. The first-order valence-corrected chi connectivity index (χ1v) is 9.36. The third-order valence-electron chi connectivity index (χ3n) is 4.71. The van der Waals surface area contributed by atoms with Crippen LogP contribution in [-0.4, -0.2) is 15.3 Å². The molecule has 2 aromatic heterocycles. The van der Waals surface area contributed by atoms with Crippen molar-refractivity contribution in [3.8, 4) is 0 Å². The Hall–Kier alpha value is -3.31. The van der Waals surface area contributed by atoms with Gasteiger partial charge in [-0.25, -0.2) is 9.37 Å². The first kappa shape index (κ1) is 19.0. The van der Waals surface area contributed by atoms with E-state index < -0.39 is 11.2 Å². The van der Waals surface area contributed by atoms with Gasteiger partial charge in [0.25, 0.3) is 0 Å². The molecule has 2 heterocycles. The number of aryl methyl sites for hydroxylation is 1. The quantitative estimate of drug-likeness (QED) is 0.458. The van der Waals surface area contributed by atoms with Gasteiger partial charge in [-0.2, -0.15) is 0 Å². The van der Waals surface area contributed by atoms with E-state index >= 15 is 0 Å². The van der Waals surface area contributed by atoms with Gasteiger partial charge in [0, 0.05) is 28.0 Å². The van der Waals surface area contributed by atoms with Crippen LogP contribution in [0.4, 0.5) is 4.39 Å². The predicted octanol–water partition coefficient (Wildman–Crippen LogP) is 4.78.